The van der Waals surface area contributed by atoms with Crippen molar-refractivity contribution in [3.8, 4) is 0 Å². The van der Waals surface area contributed by atoms with Gasteiger partial charge in [-0.15, -0.1) is 0 Å². The van der Waals surface area contributed by atoms with Gasteiger partial charge in [-0.3, -0.25) is 0 Å². The molecule has 0 fully saturated rings. The van der Waals surface area contributed by atoms with Gasteiger partial charge in [0, 0.05) is 25.8 Å². The summed E-state index contributed by atoms with van der Waals surface area (Å²) in [6.45, 7) is 0.800. The molecule has 0 spiro atoms. The Balaban J connectivity index is 0. The van der Waals surface area contributed by atoms with E-state index in [1.165, 1.54) is 0 Å². The molecule has 0 aliphatic rings. The van der Waals surface area contributed by atoms with Crippen molar-refractivity contribution in [2.45, 2.75) is 37.8 Å². The van der Waals surface area contributed by atoms with E-state index in [9.17, 15) is 0 Å². The molecule has 6 nitrogen and oxygen atoms in total. The van der Waals surface area contributed by atoms with Crippen LogP contribution >= 0.6 is 0 Å². The fourth-order valence-electron chi connectivity index (χ4n) is 1.33. The van der Waals surface area contributed by atoms with Gasteiger partial charge in [0.1, 0.15) is 0 Å². The summed E-state index contributed by atoms with van der Waals surface area (Å²) in [5.74, 6) is 0. The van der Waals surface area contributed by atoms with Crippen molar-refractivity contribution >= 4 is 0 Å². The first-order valence-corrected chi connectivity index (χ1v) is 6.38. The van der Waals surface area contributed by atoms with E-state index in [4.69, 9.17) is 26.2 Å². The van der Waals surface area contributed by atoms with Gasteiger partial charge in [0.15, 0.2) is 0 Å². The van der Waals surface area contributed by atoms with E-state index < -0.39 is 6.10 Å². The van der Waals surface area contributed by atoms with E-state index in [2.05, 4.69) is 0 Å². The van der Waals surface area contributed by atoms with E-state index in [0.717, 1.165) is 25.7 Å². The van der Waals surface area contributed by atoms with Crippen LogP contribution in [0.5, 0.6) is 0 Å². The number of rotatable bonds is 9. The predicted molar refractivity (Wildman–Crippen MR) is 72.3 cm³/mol. The third-order valence-corrected chi connectivity index (χ3v) is 2.25. The molecule has 6 heteroatoms. The molecule has 112 valence electrons. The van der Waals surface area contributed by atoms with Crippen molar-refractivity contribution in [3.05, 3.63) is 0 Å². The second kappa shape index (κ2) is 14.8. The van der Waals surface area contributed by atoms with E-state index in [1.54, 1.807) is 0 Å². The van der Waals surface area contributed by atoms with Gasteiger partial charge in [-0.05, 0) is 39.8 Å². The highest BCUT2D eigenvalue weighted by Crippen LogP contribution is 2.00. The maximum atomic E-state index is 8.74. The van der Waals surface area contributed by atoms with Crippen molar-refractivity contribution in [1.82, 2.24) is 4.90 Å². The lowest BCUT2D eigenvalue weighted by atomic mass is 10.1. The predicted octanol–water partition coefficient (Wildman–Crippen LogP) is -1.24. The standard InChI is InChI=1S/C7H17NO2.C5H13NO2/c8-7(3-1-5-9)4-2-6-10;1-6(2)3-5(8)4-7/h7,9-10H,1-6,8H2;5,7-8H,3-4H2,1-2H3. The maximum Gasteiger partial charge on any atom is 0.0897 e. The van der Waals surface area contributed by atoms with E-state index in [1.807, 2.05) is 19.0 Å². The summed E-state index contributed by atoms with van der Waals surface area (Å²) in [7, 11) is 3.69. The first-order valence-electron chi connectivity index (χ1n) is 6.38. The number of nitrogens with zero attached hydrogens (tertiary/aromatic N) is 1. The minimum absolute atomic E-state index is 0.152. The molecule has 18 heavy (non-hydrogen) atoms. The molecule has 0 aromatic heterocycles. The quantitative estimate of drug-likeness (QED) is 0.357. The van der Waals surface area contributed by atoms with Gasteiger partial charge in [0.05, 0.1) is 12.7 Å². The van der Waals surface area contributed by atoms with Crippen molar-refractivity contribution < 1.29 is 20.4 Å². The number of aliphatic hydroxyl groups excluding tert-OH is 4. The lowest BCUT2D eigenvalue weighted by Crippen LogP contribution is -2.28. The molecule has 0 aromatic rings. The van der Waals surface area contributed by atoms with Crippen molar-refractivity contribution in [3.63, 3.8) is 0 Å². The van der Waals surface area contributed by atoms with E-state index in [-0.39, 0.29) is 25.9 Å². The Bertz CT molecular complexity index is 151. The molecule has 0 aromatic carbocycles. The van der Waals surface area contributed by atoms with E-state index >= 15 is 0 Å². The topological polar surface area (TPSA) is 110 Å². The van der Waals surface area contributed by atoms with Crippen LogP contribution in [0.1, 0.15) is 25.7 Å². The number of aliphatic hydroxyl groups is 4. The molecular formula is C12H30N2O4. The van der Waals surface area contributed by atoms with Crippen LogP contribution in [0, 0.1) is 0 Å². The van der Waals surface area contributed by atoms with Gasteiger partial charge in [-0.1, -0.05) is 0 Å². The smallest absolute Gasteiger partial charge is 0.0897 e. The summed E-state index contributed by atoms with van der Waals surface area (Å²) in [4.78, 5) is 1.82. The first kappa shape index (κ1) is 20.1. The Hall–Kier alpha value is -0.240. The Labute approximate surface area is 110 Å². The lowest BCUT2D eigenvalue weighted by Gasteiger charge is -2.12. The van der Waals surface area contributed by atoms with Crippen molar-refractivity contribution in [1.29, 1.82) is 0 Å². The average Bonchev–Trinajstić information content (AvgIpc) is 2.33. The first-order chi connectivity index (χ1) is 8.47. The highest BCUT2D eigenvalue weighted by molar-refractivity contribution is 4.60. The summed E-state index contributed by atoms with van der Waals surface area (Å²) in [5, 5.41) is 33.9. The summed E-state index contributed by atoms with van der Waals surface area (Å²) in [6.07, 6.45) is 2.66. The third-order valence-electron chi connectivity index (χ3n) is 2.25. The van der Waals surface area contributed by atoms with Gasteiger partial charge >= 0.3 is 0 Å². The minimum atomic E-state index is -0.593. The Kier molecular flexibility index (Phi) is 16.5. The Morgan fingerprint density at radius 2 is 1.44 bits per heavy atom. The van der Waals surface area contributed by atoms with Crippen LogP contribution in [0.3, 0.4) is 0 Å². The summed E-state index contributed by atoms with van der Waals surface area (Å²) >= 11 is 0. The zero-order valence-electron chi connectivity index (χ0n) is 11.6. The van der Waals surface area contributed by atoms with Crippen LogP contribution in [0.4, 0.5) is 0 Å². The fourth-order valence-corrected chi connectivity index (χ4v) is 1.33. The number of nitrogens with two attached hydrogens (primary N) is 1. The summed E-state index contributed by atoms with van der Waals surface area (Å²) in [6, 6.07) is 0.152. The SMILES string of the molecule is CN(C)CC(O)CO.NC(CCCO)CCCO. The largest absolute Gasteiger partial charge is 0.396 e. The molecule has 0 heterocycles. The normalized spacial score (nSPS) is 12.5. The van der Waals surface area contributed by atoms with Gasteiger partial charge in [-0.25, -0.2) is 0 Å². The molecule has 1 atom stereocenters. The summed E-state index contributed by atoms with van der Waals surface area (Å²) in [5.41, 5.74) is 5.62. The molecular weight excluding hydrogens is 236 g/mol. The maximum absolute atomic E-state index is 8.74. The fraction of sp³-hybridized carbons (Fsp3) is 1.00. The van der Waals surface area contributed by atoms with Crippen molar-refractivity contribution in [2.24, 2.45) is 5.73 Å². The number of likely N-dealkylation sites (N-methyl/N-ethyl adjacent to an activating group) is 1. The monoisotopic (exact) mass is 266 g/mol. The highest BCUT2D eigenvalue weighted by Gasteiger charge is 2.01. The molecule has 0 aliphatic heterocycles. The highest BCUT2D eigenvalue weighted by atomic mass is 16.3. The van der Waals surface area contributed by atoms with Gasteiger partial charge < -0.3 is 31.1 Å². The van der Waals surface area contributed by atoms with Crippen LogP contribution in [-0.2, 0) is 0 Å². The van der Waals surface area contributed by atoms with Crippen LogP contribution < -0.4 is 5.73 Å². The third kappa shape index (κ3) is 18.1. The zero-order valence-corrected chi connectivity index (χ0v) is 11.6. The van der Waals surface area contributed by atoms with Crippen LogP contribution in [0.2, 0.25) is 0 Å². The Morgan fingerprint density at radius 1 is 1.00 bits per heavy atom. The lowest BCUT2D eigenvalue weighted by molar-refractivity contribution is 0.0728. The molecule has 0 aliphatic carbocycles. The number of hydrogen-bond donors (Lipinski definition) is 5. The number of hydrogen-bond acceptors (Lipinski definition) is 6. The van der Waals surface area contributed by atoms with Gasteiger partial charge in [0.25, 0.3) is 0 Å². The average molecular weight is 266 g/mol. The molecule has 0 saturated carbocycles. The molecule has 0 saturated heterocycles. The molecule has 0 amide bonds. The minimum Gasteiger partial charge on any atom is -0.396 e. The molecule has 1 unspecified atom stereocenters. The molecule has 0 radical (unpaired) electrons. The molecule has 0 bridgehead atoms. The molecule has 0 rings (SSSR count). The summed E-state index contributed by atoms with van der Waals surface area (Å²) < 4.78 is 0. The zero-order chi connectivity index (χ0) is 14.4. The van der Waals surface area contributed by atoms with E-state index in [0.29, 0.717) is 6.54 Å². The van der Waals surface area contributed by atoms with Crippen LogP contribution in [-0.4, -0.2) is 77.9 Å². The Morgan fingerprint density at radius 3 is 1.67 bits per heavy atom. The van der Waals surface area contributed by atoms with Crippen LogP contribution in [0.15, 0.2) is 0 Å². The second-order valence-corrected chi connectivity index (χ2v) is 4.59. The second-order valence-electron chi connectivity index (χ2n) is 4.59. The van der Waals surface area contributed by atoms with Crippen LogP contribution in [0.25, 0.3) is 0 Å². The molecule has 6 N–H and O–H groups in total. The van der Waals surface area contributed by atoms with Gasteiger partial charge in [0.2, 0.25) is 0 Å². The van der Waals surface area contributed by atoms with Crippen molar-refractivity contribution in [2.75, 3.05) is 40.5 Å². The van der Waals surface area contributed by atoms with Gasteiger partial charge in [-0.2, -0.15) is 0 Å².